The smallest absolute Gasteiger partial charge is 0.243 e. The van der Waals surface area contributed by atoms with Crippen molar-refractivity contribution in [1.82, 2.24) is 9.88 Å². The summed E-state index contributed by atoms with van der Waals surface area (Å²) in [7, 11) is 0. The van der Waals surface area contributed by atoms with E-state index in [1.165, 1.54) is 16.6 Å². The molecule has 2 unspecified atom stereocenters. The van der Waals surface area contributed by atoms with E-state index < -0.39 is 0 Å². The minimum absolute atomic E-state index is 0.0596. The van der Waals surface area contributed by atoms with E-state index in [1.54, 1.807) is 0 Å². The molecule has 0 aliphatic carbocycles. The van der Waals surface area contributed by atoms with E-state index in [2.05, 4.69) is 86.9 Å². The second kappa shape index (κ2) is 9.70. The third-order valence-corrected chi connectivity index (χ3v) is 7.64. The molecule has 2 atom stereocenters. The zero-order chi connectivity index (χ0) is 24.5. The van der Waals surface area contributed by atoms with Crippen LogP contribution in [0.1, 0.15) is 17.5 Å². The Labute approximate surface area is 212 Å². The molecule has 36 heavy (non-hydrogen) atoms. The molecule has 0 spiro atoms. The zero-order valence-corrected chi connectivity index (χ0v) is 20.7. The van der Waals surface area contributed by atoms with Crippen molar-refractivity contribution in [3.8, 4) is 0 Å². The Morgan fingerprint density at radius 1 is 0.972 bits per heavy atom. The molecule has 1 saturated heterocycles. The van der Waals surface area contributed by atoms with Gasteiger partial charge in [-0.2, -0.15) is 0 Å². The van der Waals surface area contributed by atoms with Crippen LogP contribution in [0, 0.1) is 6.92 Å². The van der Waals surface area contributed by atoms with Gasteiger partial charge in [0.15, 0.2) is 0 Å². The number of fused-ring (bicyclic) bond motifs is 2. The lowest BCUT2D eigenvalue weighted by molar-refractivity contribution is -0.122. The van der Waals surface area contributed by atoms with E-state index >= 15 is 0 Å². The minimum atomic E-state index is -0.246. The molecule has 6 nitrogen and oxygen atoms in total. The molecular formula is C30H33N5O. The molecule has 0 radical (unpaired) electrons. The number of para-hydroxylation sites is 1. The van der Waals surface area contributed by atoms with E-state index in [1.807, 2.05) is 24.4 Å². The van der Waals surface area contributed by atoms with Crippen LogP contribution in [0.5, 0.6) is 0 Å². The van der Waals surface area contributed by atoms with Gasteiger partial charge in [-0.15, -0.1) is 0 Å². The van der Waals surface area contributed by atoms with E-state index in [9.17, 15) is 4.79 Å². The second-order valence-corrected chi connectivity index (χ2v) is 9.99. The molecule has 3 aromatic carbocycles. The Balaban J connectivity index is 1.23. The molecule has 6 rings (SSSR count). The normalized spacial score (nSPS) is 18.9. The van der Waals surface area contributed by atoms with Crippen molar-refractivity contribution in [2.75, 3.05) is 41.7 Å². The molecule has 3 N–H and O–H groups in total. The van der Waals surface area contributed by atoms with Crippen molar-refractivity contribution in [1.29, 1.82) is 0 Å². The van der Waals surface area contributed by atoms with Gasteiger partial charge in [-0.05, 0) is 67.3 Å². The van der Waals surface area contributed by atoms with Crippen LogP contribution in [0.3, 0.4) is 0 Å². The summed E-state index contributed by atoms with van der Waals surface area (Å²) < 4.78 is 0. The molecule has 0 bridgehead atoms. The highest BCUT2D eigenvalue weighted by molar-refractivity contribution is 5.96. The molecule has 1 aromatic heterocycles. The first kappa shape index (κ1) is 22.7. The first-order chi connectivity index (χ1) is 17.7. The summed E-state index contributed by atoms with van der Waals surface area (Å²) in [6, 6.07) is 24.9. The van der Waals surface area contributed by atoms with Crippen molar-refractivity contribution in [2.45, 2.75) is 31.8 Å². The van der Waals surface area contributed by atoms with Gasteiger partial charge in [-0.3, -0.25) is 9.69 Å². The number of aromatic nitrogens is 1. The molecule has 184 valence electrons. The van der Waals surface area contributed by atoms with Crippen LogP contribution in [-0.4, -0.2) is 54.1 Å². The van der Waals surface area contributed by atoms with Gasteiger partial charge >= 0.3 is 0 Å². The van der Waals surface area contributed by atoms with Crippen LogP contribution in [-0.2, 0) is 11.2 Å². The predicted octanol–water partition coefficient (Wildman–Crippen LogP) is 5.03. The minimum Gasteiger partial charge on any atom is -0.380 e. The van der Waals surface area contributed by atoms with Crippen LogP contribution < -0.4 is 15.5 Å². The third kappa shape index (κ3) is 4.44. The Hall–Kier alpha value is -3.77. The predicted molar refractivity (Wildman–Crippen MR) is 148 cm³/mol. The molecule has 1 amide bonds. The van der Waals surface area contributed by atoms with Gasteiger partial charge in [0.1, 0.15) is 6.04 Å². The molecule has 4 aromatic rings. The van der Waals surface area contributed by atoms with E-state index in [0.717, 1.165) is 61.5 Å². The van der Waals surface area contributed by atoms with Gasteiger partial charge in [0, 0.05) is 60.3 Å². The molecule has 1 fully saturated rings. The van der Waals surface area contributed by atoms with Crippen LogP contribution in [0.15, 0.2) is 79.0 Å². The number of hydrogen-bond acceptors (Lipinski definition) is 4. The first-order valence-electron chi connectivity index (χ1n) is 12.9. The number of anilines is 3. The maximum atomic E-state index is 13.8. The van der Waals surface area contributed by atoms with Crippen molar-refractivity contribution in [3.05, 3.63) is 90.1 Å². The van der Waals surface area contributed by atoms with Crippen LogP contribution in [0.2, 0.25) is 0 Å². The number of H-pyrrole nitrogens is 1. The Bertz CT molecular complexity index is 1370. The Morgan fingerprint density at radius 3 is 2.67 bits per heavy atom. The fraction of sp³-hybridized carbons (Fsp3) is 0.300. The van der Waals surface area contributed by atoms with Crippen LogP contribution >= 0.6 is 0 Å². The number of carbonyl (C=O) groups is 1. The van der Waals surface area contributed by atoms with Crippen molar-refractivity contribution in [3.63, 3.8) is 0 Å². The Kier molecular flexibility index (Phi) is 6.11. The quantitative estimate of drug-likeness (QED) is 0.376. The summed E-state index contributed by atoms with van der Waals surface area (Å²) in [6.45, 7) is 5.51. The number of aryl methyl sites for hydroxylation is 2. The number of benzene rings is 3. The van der Waals surface area contributed by atoms with Gasteiger partial charge in [-0.25, -0.2) is 0 Å². The van der Waals surface area contributed by atoms with Gasteiger partial charge in [0.05, 0.1) is 6.04 Å². The van der Waals surface area contributed by atoms with Gasteiger partial charge in [-0.1, -0.05) is 36.4 Å². The maximum Gasteiger partial charge on any atom is 0.243 e. The lowest BCUT2D eigenvalue weighted by Gasteiger charge is -2.43. The number of nitrogens with zero attached hydrogens (tertiary/aromatic N) is 2. The average molecular weight is 480 g/mol. The summed E-state index contributed by atoms with van der Waals surface area (Å²) in [5.74, 6) is 0.0682. The number of carbonyl (C=O) groups excluding carboxylic acids is 1. The number of rotatable bonds is 5. The number of hydrogen-bond donors (Lipinski definition) is 3. The molecule has 2 aliphatic heterocycles. The van der Waals surface area contributed by atoms with Crippen molar-refractivity contribution >= 4 is 33.9 Å². The monoisotopic (exact) mass is 479 g/mol. The summed E-state index contributed by atoms with van der Waals surface area (Å²) in [4.78, 5) is 22.0. The topological polar surface area (TPSA) is 63.4 Å². The van der Waals surface area contributed by atoms with Crippen LogP contribution in [0.4, 0.5) is 17.1 Å². The highest BCUT2D eigenvalue weighted by Gasteiger charge is 2.37. The van der Waals surface area contributed by atoms with Gasteiger partial charge in [0.25, 0.3) is 0 Å². The van der Waals surface area contributed by atoms with Crippen molar-refractivity contribution in [2.24, 2.45) is 0 Å². The summed E-state index contributed by atoms with van der Waals surface area (Å²) in [6.07, 6.45) is 3.92. The average Bonchev–Trinajstić information content (AvgIpc) is 3.39. The van der Waals surface area contributed by atoms with Gasteiger partial charge in [0.2, 0.25) is 5.91 Å². The highest BCUT2D eigenvalue weighted by Crippen LogP contribution is 2.30. The fourth-order valence-electron chi connectivity index (χ4n) is 5.83. The first-order valence-corrected chi connectivity index (χ1v) is 12.9. The number of piperazine rings is 1. The third-order valence-electron chi connectivity index (χ3n) is 7.64. The van der Waals surface area contributed by atoms with E-state index in [0.29, 0.717) is 0 Å². The number of nitrogens with one attached hydrogen (secondary N) is 3. The van der Waals surface area contributed by atoms with Crippen LogP contribution in [0.25, 0.3) is 10.9 Å². The largest absolute Gasteiger partial charge is 0.380 e. The Morgan fingerprint density at radius 2 is 1.81 bits per heavy atom. The van der Waals surface area contributed by atoms with E-state index in [-0.39, 0.29) is 18.0 Å². The van der Waals surface area contributed by atoms with Crippen molar-refractivity contribution < 1.29 is 4.79 Å². The second-order valence-electron chi connectivity index (χ2n) is 9.99. The summed E-state index contributed by atoms with van der Waals surface area (Å²) in [5.41, 5.74) is 6.91. The fourth-order valence-corrected chi connectivity index (χ4v) is 5.83. The summed E-state index contributed by atoms with van der Waals surface area (Å²) in [5, 5.41) is 8.20. The molecule has 0 saturated carbocycles. The maximum absolute atomic E-state index is 13.8. The number of amides is 1. The SMILES string of the molecule is Cc1cccc(NC(=O)C(C2CCc3ccccc3N2)N2CCN(c3cccc4[nH]ccc34)CC2)c1. The number of aromatic amines is 1. The van der Waals surface area contributed by atoms with Gasteiger partial charge < -0.3 is 20.5 Å². The molecule has 6 heteroatoms. The molecule has 2 aliphatic rings. The highest BCUT2D eigenvalue weighted by atomic mass is 16.2. The summed E-state index contributed by atoms with van der Waals surface area (Å²) >= 11 is 0. The molecule has 3 heterocycles. The standard InChI is InChI=1S/C30H33N5O/c1-21-6-4-8-23(20-21)32-30(36)29(27-13-12-22-7-2-3-9-25(22)33-27)35-18-16-34(17-19-35)28-11-5-10-26-24(28)14-15-31-26/h2-11,14-15,20,27,29,31,33H,12-13,16-19H2,1H3,(H,32,36). The lowest BCUT2D eigenvalue weighted by atomic mass is 9.91. The zero-order valence-electron chi connectivity index (χ0n) is 20.7. The molecular weight excluding hydrogens is 446 g/mol. The lowest BCUT2D eigenvalue weighted by Crippen LogP contribution is -2.60. The van der Waals surface area contributed by atoms with E-state index in [4.69, 9.17) is 0 Å².